The van der Waals surface area contributed by atoms with Gasteiger partial charge in [0, 0.05) is 46.7 Å². The van der Waals surface area contributed by atoms with Crippen LogP contribution in [0.2, 0.25) is 0 Å². The Morgan fingerprint density at radius 3 is 2.56 bits per heavy atom. The number of para-hydroxylation sites is 1. The number of benzene rings is 3. The van der Waals surface area contributed by atoms with Crippen molar-refractivity contribution in [2.45, 2.75) is 4.90 Å². The number of amides is 1. The van der Waals surface area contributed by atoms with E-state index >= 15 is 0 Å². The molecule has 0 bridgehead atoms. The van der Waals surface area contributed by atoms with Crippen LogP contribution in [0.1, 0.15) is 5.56 Å². The fraction of sp³-hybridized carbons (Fsp3) is 0.0968. The number of anilines is 4. The van der Waals surface area contributed by atoms with Crippen LogP contribution in [0.5, 0.6) is 0 Å². The Morgan fingerprint density at radius 1 is 1.02 bits per heavy atom. The van der Waals surface area contributed by atoms with Gasteiger partial charge in [-0.25, -0.2) is 18.4 Å². The number of hydrogen-bond acceptors (Lipinski definition) is 8. The third-order valence-electron chi connectivity index (χ3n) is 6.30. The van der Waals surface area contributed by atoms with Crippen LogP contribution in [0.15, 0.2) is 102 Å². The fourth-order valence-electron chi connectivity index (χ4n) is 4.27. The molecule has 11 nitrogen and oxygen atoms in total. The predicted octanol–water partition coefficient (Wildman–Crippen LogP) is 5.10. The van der Waals surface area contributed by atoms with Gasteiger partial charge in [-0.3, -0.25) is 9.52 Å². The maximum absolute atomic E-state index is 13.1. The lowest BCUT2D eigenvalue weighted by atomic mass is 10.1. The topological polar surface area (TPSA) is 156 Å². The predicted molar refractivity (Wildman–Crippen MR) is 167 cm³/mol. The molecule has 0 saturated heterocycles. The molecule has 12 heteroatoms. The van der Waals surface area contributed by atoms with Gasteiger partial charge in [-0.2, -0.15) is 5.26 Å². The summed E-state index contributed by atoms with van der Waals surface area (Å²) in [4.78, 5) is 26.1. The number of hydrogen-bond donors (Lipinski definition) is 4. The number of nitrogens with zero attached hydrogens (tertiary/aromatic N) is 4. The minimum absolute atomic E-state index is 0.0332. The van der Waals surface area contributed by atoms with Crippen LogP contribution in [-0.4, -0.2) is 54.8 Å². The second-order valence-electron chi connectivity index (χ2n) is 9.81. The Morgan fingerprint density at radius 2 is 1.79 bits per heavy atom. The average Bonchev–Trinajstić information content (AvgIpc) is 3.41. The molecule has 3 aromatic carbocycles. The van der Waals surface area contributed by atoms with Crippen molar-refractivity contribution in [1.82, 2.24) is 19.9 Å². The zero-order valence-electron chi connectivity index (χ0n) is 23.4. The summed E-state index contributed by atoms with van der Waals surface area (Å²) in [6.45, 7) is 0.625. The van der Waals surface area contributed by atoms with Gasteiger partial charge in [-0.05, 0) is 62.6 Å². The number of H-pyrrole nitrogens is 1. The average molecular weight is 593 g/mol. The lowest BCUT2D eigenvalue weighted by Gasteiger charge is -2.12. The van der Waals surface area contributed by atoms with Gasteiger partial charge in [-0.15, -0.1) is 0 Å². The molecule has 2 heterocycles. The molecule has 0 aliphatic heterocycles. The van der Waals surface area contributed by atoms with E-state index in [2.05, 4.69) is 36.4 Å². The van der Waals surface area contributed by atoms with Crippen LogP contribution < -0.4 is 15.4 Å². The lowest BCUT2D eigenvalue weighted by Crippen LogP contribution is -2.14. The number of rotatable bonds is 10. The first kappa shape index (κ1) is 29.0. The molecular weight excluding hydrogens is 564 g/mol. The summed E-state index contributed by atoms with van der Waals surface area (Å²) in [7, 11) is -0.125. The summed E-state index contributed by atoms with van der Waals surface area (Å²) < 4.78 is 28.7. The molecule has 5 rings (SSSR count). The molecule has 0 unspecified atom stereocenters. The molecule has 4 N–H and O–H groups in total. The molecule has 0 fully saturated rings. The number of fused-ring (bicyclic) bond motifs is 1. The van der Waals surface area contributed by atoms with Gasteiger partial charge < -0.3 is 20.5 Å². The summed E-state index contributed by atoms with van der Waals surface area (Å²) in [5.41, 5.74) is 3.81. The van der Waals surface area contributed by atoms with E-state index in [-0.39, 0.29) is 16.8 Å². The van der Waals surface area contributed by atoms with Gasteiger partial charge in [0.05, 0.1) is 28.0 Å². The van der Waals surface area contributed by atoms with Crippen molar-refractivity contribution in [1.29, 1.82) is 5.26 Å². The maximum atomic E-state index is 13.1. The Balaban J connectivity index is 1.30. The molecule has 2 aromatic heterocycles. The standard InChI is InChI=1S/C31H28N8O3S/c1-39(2)16-6-11-29(40)35-22-12-14-25(15-13-22)43(41,42)38-24-8-5-7-23(17-24)36-31-34-19-21(18-32)30(37-31)27-20-33-28-10-4-3-9-26(27)28/h3-15,17,19-20,33,38H,16H2,1-2H3,(H,35,40)(H,34,36,37)/b11-6+. The highest BCUT2D eigenvalue weighted by Gasteiger charge is 2.16. The van der Waals surface area contributed by atoms with Crippen LogP contribution in [0.4, 0.5) is 23.0 Å². The number of aromatic amines is 1. The van der Waals surface area contributed by atoms with Crippen LogP contribution in [0, 0.1) is 11.3 Å². The number of carbonyl (C=O) groups is 1. The first-order valence-electron chi connectivity index (χ1n) is 13.2. The van der Waals surface area contributed by atoms with E-state index in [1.54, 1.807) is 36.5 Å². The smallest absolute Gasteiger partial charge is 0.261 e. The highest BCUT2D eigenvalue weighted by molar-refractivity contribution is 7.92. The number of aromatic nitrogens is 3. The number of carbonyl (C=O) groups excluding carboxylic acids is 1. The fourth-order valence-corrected chi connectivity index (χ4v) is 5.32. The first-order chi connectivity index (χ1) is 20.7. The molecule has 0 saturated carbocycles. The van der Waals surface area contributed by atoms with Gasteiger partial charge in [0.25, 0.3) is 10.0 Å². The van der Waals surface area contributed by atoms with Crippen molar-refractivity contribution in [3.63, 3.8) is 0 Å². The highest BCUT2D eigenvalue weighted by atomic mass is 32.2. The Bertz CT molecular complexity index is 1960. The molecule has 0 aliphatic rings. The molecule has 0 atom stereocenters. The van der Waals surface area contributed by atoms with E-state index < -0.39 is 10.0 Å². The Kier molecular flexibility index (Phi) is 8.47. The van der Waals surface area contributed by atoms with Gasteiger partial charge in [0.2, 0.25) is 11.9 Å². The molecule has 1 amide bonds. The minimum Gasteiger partial charge on any atom is -0.360 e. The molecule has 5 aromatic rings. The van der Waals surface area contributed by atoms with Crippen molar-refractivity contribution >= 4 is 49.8 Å². The molecule has 216 valence electrons. The van der Waals surface area contributed by atoms with Crippen molar-refractivity contribution in [3.05, 3.63) is 103 Å². The second-order valence-corrected chi connectivity index (χ2v) is 11.5. The molecular formula is C31H28N8O3S. The van der Waals surface area contributed by atoms with E-state index in [1.807, 2.05) is 43.3 Å². The van der Waals surface area contributed by atoms with Crippen LogP contribution in [0.25, 0.3) is 22.2 Å². The van der Waals surface area contributed by atoms with Crippen LogP contribution >= 0.6 is 0 Å². The van der Waals surface area contributed by atoms with Gasteiger partial charge in [0.1, 0.15) is 6.07 Å². The molecule has 0 aliphatic carbocycles. The largest absolute Gasteiger partial charge is 0.360 e. The monoisotopic (exact) mass is 592 g/mol. The quantitative estimate of drug-likeness (QED) is 0.163. The Labute approximate surface area is 249 Å². The summed E-state index contributed by atoms with van der Waals surface area (Å²) in [5.74, 6) is -0.0619. The number of sulfonamides is 1. The lowest BCUT2D eigenvalue weighted by molar-refractivity contribution is -0.111. The molecule has 43 heavy (non-hydrogen) atoms. The van der Waals surface area contributed by atoms with Crippen molar-refractivity contribution in [2.75, 3.05) is 36.0 Å². The van der Waals surface area contributed by atoms with Gasteiger partial charge in [0.15, 0.2) is 0 Å². The van der Waals surface area contributed by atoms with Gasteiger partial charge in [-0.1, -0.05) is 30.3 Å². The summed E-state index contributed by atoms with van der Waals surface area (Å²) in [6, 6.07) is 22.4. The zero-order chi connectivity index (χ0) is 30.4. The summed E-state index contributed by atoms with van der Waals surface area (Å²) in [5, 5.41) is 16.4. The molecule has 0 spiro atoms. The summed E-state index contributed by atoms with van der Waals surface area (Å²) in [6.07, 6.45) is 6.42. The van der Waals surface area contributed by atoms with E-state index in [4.69, 9.17) is 0 Å². The Hall–Kier alpha value is -5.51. The number of likely N-dealkylation sites (N-methyl/N-ethyl adjacent to an activating group) is 1. The normalized spacial score (nSPS) is 11.5. The van der Waals surface area contributed by atoms with Crippen molar-refractivity contribution < 1.29 is 13.2 Å². The third-order valence-corrected chi connectivity index (χ3v) is 7.69. The van der Waals surface area contributed by atoms with E-state index in [9.17, 15) is 18.5 Å². The molecule has 0 radical (unpaired) electrons. The number of nitrogens with one attached hydrogen (secondary N) is 4. The van der Waals surface area contributed by atoms with E-state index in [0.717, 1.165) is 16.5 Å². The highest BCUT2D eigenvalue weighted by Crippen LogP contribution is 2.30. The number of nitriles is 1. The van der Waals surface area contributed by atoms with Gasteiger partial charge >= 0.3 is 0 Å². The van der Waals surface area contributed by atoms with Crippen molar-refractivity contribution in [2.24, 2.45) is 0 Å². The van der Waals surface area contributed by atoms with Crippen molar-refractivity contribution in [3.8, 4) is 17.3 Å². The SMILES string of the molecule is CN(C)C/C=C/C(=O)Nc1ccc(S(=O)(=O)Nc2cccc(Nc3ncc(C#N)c(-c4c[nH]c5ccccc45)n3)c2)cc1. The minimum atomic E-state index is -3.92. The first-order valence-corrected chi connectivity index (χ1v) is 14.7. The van der Waals surface area contributed by atoms with E-state index in [0.29, 0.717) is 34.9 Å². The van der Waals surface area contributed by atoms with E-state index in [1.165, 1.54) is 36.5 Å². The maximum Gasteiger partial charge on any atom is 0.261 e. The second kappa shape index (κ2) is 12.6. The van der Waals surface area contributed by atoms with Crippen LogP contribution in [0.3, 0.4) is 0 Å². The summed E-state index contributed by atoms with van der Waals surface area (Å²) >= 11 is 0. The van der Waals surface area contributed by atoms with Crippen LogP contribution in [-0.2, 0) is 14.8 Å². The zero-order valence-corrected chi connectivity index (χ0v) is 24.2. The third kappa shape index (κ3) is 7.05.